The highest BCUT2D eigenvalue weighted by atomic mass is 32.2. The molecule has 4 nitrogen and oxygen atoms in total. The zero-order chi connectivity index (χ0) is 25.6. The first-order valence-electron chi connectivity index (χ1n) is 11.3. The van der Waals surface area contributed by atoms with Crippen LogP contribution in [0.4, 0.5) is 8.78 Å². The monoisotopic (exact) mass is 492 g/mol. The molecule has 0 fully saturated rings. The minimum Gasteiger partial charge on any atom is -0.465 e. The fraction of sp³-hybridized carbons (Fsp3) is 0.444. The molecule has 4 unspecified atom stereocenters. The maximum absolute atomic E-state index is 13.2. The zero-order valence-corrected chi connectivity index (χ0v) is 21.5. The second kappa shape index (κ2) is 12.2. The molecule has 2 aromatic carbocycles. The van der Waals surface area contributed by atoms with Gasteiger partial charge in [0, 0.05) is 16.4 Å². The van der Waals surface area contributed by atoms with Crippen molar-refractivity contribution in [3.05, 3.63) is 70.8 Å². The van der Waals surface area contributed by atoms with E-state index in [2.05, 4.69) is 50.3 Å². The largest absolute Gasteiger partial charge is 0.465 e. The minimum atomic E-state index is -2.98. The number of ether oxygens (including phenoxy) is 2. The molecule has 0 spiro atoms. The molecule has 0 bridgehead atoms. The zero-order valence-electron chi connectivity index (χ0n) is 20.7. The van der Waals surface area contributed by atoms with Crippen LogP contribution in [-0.4, -0.2) is 28.6 Å². The van der Waals surface area contributed by atoms with Crippen LogP contribution in [0.1, 0.15) is 55.4 Å². The molecular weight excluding hydrogens is 458 g/mol. The average molecular weight is 493 g/mol. The highest BCUT2D eigenvalue weighted by molar-refractivity contribution is 7.86. The normalized spacial score (nSPS) is 21.6. The summed E-state index contributed by atoms with van der Waals surface area (Å²) >= 11 is 0. The molecule has 0 radical (unpaired) electrons. The van der Waals surface area contributed by atoms with Gasteiger partial charge in [-0.25, -0.2) is 0 Å². The first-order valence-corrected chi connectivity index (χ1v) is 12.5. The fourth-order valence-electron chi connectivity index (χ4n) is 4.12. The third-order valence-electron chi connectivity index (χ3n) is 5.97. The van der Waals surface area contributed by atoms with Gasteiger partial charge in [0.05, 0.1) is 17.4 Å². The first-order chi connectivity index (χ1) is 16.0. The summed E-state index contributed by atoms with van der Waals surface area (Å²) in [5.74, 6) is -1.16. The van der Waals surface area contributed by atoms with Crippen LogP contribution in [0.3, 0.4) is 0 Å². The Balaban J connectivity index is 0.000000379. The van der Waals surface area contributed by atoms with Crippen molar-refractivity contribution in [1.29, 1.82) is 0 Å². The smallest absolute Gasteiger partial charge is 0.387 e. The van der Waals surface area contributed by atoms with Gasteiger partial charge in [0.15, 0.2) is 0 Å². The van der Waals surface area contributed by atoms with Gasteiger partial charge >= 0.3 is 12.6 Å². The molecule has 1 aliphatic heterocycles. The van der Waals surface area contributed by atoms with Crippen LogP contribution in [0.5, 0.6) is 5.75 Å². The Bertz CT molecular complexity index is 1050. The van der Waals surface area contributed by atoms with E-state index in [0.29, 0.717) is 22.5 Å². The number of alkyl halides is 2. The summed E-state index contributed by atoms with van der Waals surface area (Å²) in [6.45, 7) is 12.8. The maximum Gasteiger partial charge on any atom is 0.387 e. The van der Waals surface area contributed by atoms with Gasteiger partial charge in [-0.05, 0) is 70.2 Å². The SMILES string of the molecule is C=C(C)C1CC(C)c2c(OC(F)F)cccc2S(=O)C1C(=O)OCC.Cc1ccc(C)c(C)c1. The summed E-state index contributed by atoms with van der Waals surface area (Å²) in [6.07, 6.45) is 0.446. The van der Waals surface area contributed by atoms with E-state index in [1.807, 2.05) is 6.92 Å². The summed E-state index contributed by atoms with van der Waals surface area (Å²) in [4.78, 5) is 12.8. The van der Waals surface area contributed by atoms with E-state index in [-0.39, 0.29) is 24.2 Å². The molecule has 0 aromatic heterocycles. The van der Waals surface area contributed by atoms with Gasteiger partial charge in [0.25, 0.3) is 0 Å². The van der Waals surface area contributed by atoms with E-state index in [9.17, 15) is 17.8 Å². The lowest BCUT2D eigenvalue weighted by molar-refractivity contribution is -0.143. The Morgan fingerprint density at radius 2 is 1.85 bits per heavy atom. The van der Waals surface area contributed by atoms with E-state index in [1.165, 1.54) is 28.8 Å². The standard InChI is InChI=1S/C18H22F2O4S.C9H12/c1-5-23-17(21)16-12(10(2)3)9-11(4)15-13(24-18(19)20)7-6-8-14(15)25(16)22;1-7-4-5-8(2)9(3)6-7/h6-8,11-12,16,18H,2,5,9H2,1,3-4H3;4-6H,1-3H3. The molecule has 0 saturated carbocycles. The molecule has 2 aromatic rings. The lowest BCUT2D eigenvalue weighted by atomic mass is 9.84. The average Bonchev–Trinajstić information content (AvgIpc) is 2.86. The van der Waals surface area contributed by atoms with Gasteiger partial charge in [-0.1, -0.05) is 48.9 Å². The summed E-state index contributed by atoms with van der Waals surface area (Å²) in [7, 11) is -1.76. The molecular formula is C27H34F2O4S. The number of carbonyl (C=O) groups excluding carboxylic acids is 1. The molecule has 0 aliphatic carbocycles. The number of aryl methyl sites for hydroxylation is 3. The molecule has 1 aliphatic rings. The van der Waals surface area contributed by atoms with Crippen LogP contribution in [0, 0.1) is 26.7 Å². The quantitative estimate of drug-likeness (QED) is 0.347. The topological polar surface area (TPSA) is 52.6 Å². The van der Waals surface area contributed by atoms with Gasteiger partial charge in [-0.2, -0.15) is 8.78 Å². The van der Waals surface area contributed by atoms with Gasteiger partial charge < -0.3 is 9.47 Å². The Kier molecular flexibility index (Phi) is 9.98. The number of rotatable bonds is 5. The van der Waals surface area contributed by atoms with Crippen LogP contribution in [0.15, 0.2) is 53.4 Å². The second-order valence-corrected chi connectivity index (χ2v) is 10.2. The van der Waals surface area contributed by atoms with Crippen LogP contribution in [0.25, 0.3) is 0 Å². The van der Waals surface area contributed by atoms with Gasteiger partial charge in [0.2, 0.25) is 0 Å². The third kappa shape index (κ3) is 6.75. The lowest BCUT2D eigenvalue weighted by Crippen LogP contribution is -2.35. The van der Waals surface area contributed by atoms with Crippen molar-refractivity contribution in [2.45, 2.75) is 70.6 Å². The van der Waals surface area contributed by atoms with E-state index in [1.54, 1.807) is 19.9 Å². The highest BCUT2D eigenvalue weighted by Gasteiger charge is 2.42. The Hall–Kier alpha value is -2.54. The van der Waals surface area contributed by atoms with E-state index in [4.69, 9.17) is 4.74 Å². The number of fused-ring (bicyclic) bond motifs is 1. The Labute approximate surface area is 203 Å². The van der Waals surface area contributed by atoms with Crippen molar-refractivity contribution in [2.24, 2.45) is 5.92 Å². The van der Waals surface area contributed by atoms with Gasteiger partial charge in [0.1, 0.15) is 11.0 Å². The second-order valence-electron chi connectivity index (χ2n) is 8.69. The van der Waals surface area contributed by atoms with Crippen molar-refractivity contribution in [3.63, 3.8) is 0 Å². The molecule has 186 valence electrons. The number of hydrogen-bond donors (Lipinski definition) is 0. The van der Waals surface area contributed by atoms with E-state index < -0.39 is 28.6 Å². The molecule has 3 rings (SSSR count). The molecule has 0 saturated heterocycles. The van der Waals surface area contributed by atoms with Crippen LogP contribution in [-0.2, 0) is 20.3 Å². The Morgan fingerprint density at radius 1 is 1.18 bits per heavy atom. The number of hydrogen-bond acceptors (Lipinski definition) is 4. The number of halogens is 2. The van der Waals surface area contributed by atoms with Crippen molar-refractivity contribution >= 4 is 16.8 Å². The van der Waals surface area contributed by atoms with E-state index in [0.717, 1.165) is 0 Å². The van der Waals surface area contributed by atoms with Crippen LogP contribution >= 0.6 is 0 Å². The molecule has 4 atom stereocenters. The van der Waals surface area contributed by atoms with Crippen molar-refractivity contribution in [3.8, 4) is 5.75 Å². The minimum absolute atomic E-state index is 0.00155. The van der Waals surface area contributed by atoms with Crippen LogP contribution < -0.4 is 4.74 Å². The summed E-state index contributed by atoms with van der Waals surface area (Å²) in [5, 5.41) is -0.914. The number of carbonyl (C=O) groups is 1. The molecule has 7 heteroatoms. The Morgan fingerprint density at radius 3 is 2.38 bits per heavy atom. The molecule has 1 heterocycles. The summed E-state index contributed by atoms with van der Waals surface area (Å²) < 4.78 is 48.4. The lowest BCUT2D eigenvalue weighted by Gasteiger charge is -2.24. The van der Waals surface area contributed by atoms with E-state index >= 15 is 0 Å². The highest BCUT2D eigenvalue weighted by Crippen LogP contribution is 2.43. The van der Waals surface area contributed by atoms with Crippen molar-refractivity contribution in [2.75, 3.05) is 6.61 Å². The fourth-order valence-corrected chi connectivity index (χ4v) is 6.01. The number of benzene rings is 2. The predicted molar refractivity (Wildman–Crippen MR) is 132 cm³/mol. The number of esters is 1. The van der Waals surface area contributed by atoms with Gasteiger partial charge in [-0.15, -0.1) is 0 Å². The third-order valence-corrected chi connectivity index (χ3v) is 7.74. The molecule has 0 amide bonds. The van der Waals surface area contributed by atoms with Gasteiger partial charge in [-0.3, -0.25) is 9.00 Å². The van der Waals surface area contributed by atoms with Crippen molar-refractivity contribution < 1.29 is 27.3 Å². The predicted octanol–water partition coefficient (Wildman–Crippen LogP) is 6.64. The molecule has 34 heavy (non-hydrogen) atoms. The maximum atomic E-state index is 13.2. The van der Waals surface area contributed by atoms with Crippen molar-refractivity contribution in [1.82, 2.24) is 0 Å². The summed E-state index contributed by atoms with van der Waals surface area (Å²) in [6, 6.07) is 11.0. The number of allylic oxidation sites excluding steroid dienone is 1. The first kappa shape index (κ1) is 27.7. The van der Waals surface area contributed by atoms with Crippen LogP contribution in [0.2, 0.25) is 0 Å². The molecule has 0 N–H and O–H groups in total. The summed E-state index contributed by atoms with van der Waals surface area (Å²) in [5.41, 5.74) is 5.27.